The first-order valence-corrected chi connectivity index (χ1v) is 8.59. The molecule has 1 aliphatic heterocycles. The van der Waals surface area contributed by atoms with E-state index in [0.717, 1.165) is 0 Å². The minimum atomic E-state index is -0.761. The van der Waals surface area contributed by atoms with E-state index in [0.29, 0.717) is 15.7 Å². The fourth-order valence-corrected chi connectivity index (χ4v) is 2.91. The molecule has 0 radical (unpaired) electrons. The third-order valence-electron chi connectivity index (χ3n) is 3.92. The Hall–Kier alpha value is -2.87. The molecular formula is C19H18BrNO6. The van der Waals surface area contributed by atoms with E-state index in [4.69, 9.17) is 14.2 Å². The smallest absolute Gasteiger partial charge is 0.355 e. The summed E-state index contributed by atoms with van der Waals surface area (Å²) >= 11 is 3.39. The Bertz CT molecular complexity index is 884. The van der Waals surface area contributed by atoms with Crippen LogP contribution in [0.4, 0.5) is 5.69 Å². The molecule has 0 fully saturated rings. The average Bonchev–Trinajstić information content (AvgIpc) is 2.90. The number of ether oxygens (including phenoxy) is 3. The highest BCUT2D eigenvalue weighted by molar-refractivity contribution is 9.10. The zero-order chi connectivity index (χ0) is 20.1. The van der Waals surface area contributed by atoms with Gasteiger partial charge in [0.25, 0.3) is 0 Å². The van der Waals surface area contributed by atoms with Crippen molar-refractivity contribution in [3.63, 3.8) is 0 Å². The van der Waals surface area contributed by atoms with Gasteiger partial charge < -0.3 is 19.1 Å². The maximum absolute atomic E-state index is 12.5. The molecule has 0 atom stereocenters. The lowest BCUT2D eigenvalue weighted by atomic mass is 10.0. The van der Waals surface area contributed by atoms with Gasteiger partial charge in [0.15, 0.2) is 0 Å². The molecule has 2 rings (SSSR count). The van der Waals surface area contributed by atoms with Crippen molar-refractivity contribution in [2.45, 2.75) is 6.92 Å². The number of nitrogens with zero attached hydrogens (tertiary/aromatic N) is 1. The van der Waals surface area contributed by atoms with E-state index >= 15 is 0 Å². The van der Waals surface area contributed by atoms with Crippen LogP contribution in [-0.2, 0) is 23.8 Å². The van der Waals surface area contributed by atoms with Crippen LogP contribution in [0.15, 0.2) is 52.3 Å². The highest BCUT2D eigenvalue weighted by atomic mass is 79.9. The van der Waals surface area contributed by atoms with Gasteiger partial charge in [0, 0.05) is 10.7 Å². The normalized spacial score (nSPS) is 13.3. The molecule has 1 aromatic rings. The van der Waals surface area contributed by atoms with Gasteiger partial charge in [0.1, 0.15) is 5.70 Å². The van der Waals surface area contributed by atoms with Gasteiger partial charge in [-0.05, 0) is 36.8 Å². The third kappa shape index (κ3) is 3.95. The SMILES string of the molecule is COC(=O)C1=C(C(=O)OC)N(c2ccc(Br)c(C)c2C(=O)OC)C=CC=C1. The van der Waals surface area contributed by atoms with Crippen molar-refractivity contribution in [1.82, 2.24) is 0 Å². The average molecular weight is 436 g/mol. The van der Waals surface area contributed by atoms with Gasteiger partial charge in [-0.1, -0.05) is 22.0 Å². The molecule has 8 heteroatoms. The van der Waals surface area contributed by atoms with Gasteiger partial charge in [-0.25, -0.2) is 14.4 Å². The minimum Gasteiger partial charge on any atom is -0.465 e. The molecule has 7 nitrogen and oxygen atoms in total. The molecule has 1 aliphatic rings. The molecule has 0 bridgehead atoms. The van der Waals surface area contributed by atoms with Crippen molar-refractivity contribution < 1.29 is 28.6 Å². The van der Waals surface area contributed by atoms with Gasteiger partial charge in [-0.15, -0.1) is 0 Å². The standard InChI is InChI=1S/C19H18BrNO6/c1-11-13(20)8-9-14(15(11)18(23)26-3)21-10-6-5-7-12(17(22)25-2)16(21)19(24)27-4/h5-10H,1-4H3. The summed E-state index contributed by atoms with van der Waals surface area (Å²) in [5.74, 6) is -2.06. The molecule has 0 unspecified atom stereocenters. The highest BCUT2D eigenvalue weighted by Crippen LogP contribution is 2.34. The summed E-state index contributed by atoms with van der Waals surface area (Å²) in [6.07, 6.45) is 6.20. The monoisotopic (exact) mass is 435 g/mol. The van der Waals surface area contributed by atoms with Gasteiger partial charge in [0.2, 0.25) is 0 Å². The quantitative estimate of drug-likeness (QED) is 0.530. The van der Waals surface area contributed by atoms with Crippen LogP contribution in [0.25, 0.3) is 0 Å². The Morgan fingerprint density at radius 3 is 2.15 bits per heavy atom. The zero-order valence-electron chi connectivity index (χ0n) is 15.2. The van der Waals surface area contributed by atoms with Crippen molar-refractivity contribution in [3.8, 4) is 0 Å². The molecule has 0 saturated carbocycles. The number of methoxy groups -OCH3 is 3. The summed E-state index contributed by atoms with van der Waals surface area (Å²) in [5, 5.41) is 0. The van der Waals surface area contributed by atoms with Crippen LogP contribution in [0.1, 0.15) is 15.9 Å². The number of hydrogen-bond donors (Lipinski definition) is 0. The number of benzene rings is 1. The van der Waals surface area contributed by atoms with E-state index in [2.05, 4.69) is 15.9 Å². The topological polar surface area (TPSA) is 82.1 Å². The molecule has 1 aromatic carbocycles. The van der Waals surface area contributed by atoms with Gasteiger partial charge in [-0.3, -0.25) is 0 Å². The van der Waals surface area contributed by atoms with Gasteiger partial charge in [0.05, 0.1) is 38.2 Å². The Balaban J connectivity index is 2.83. The van der Waals surface area contributed by atoms with Crippen LogP contribution in [0.3, 0.4) is 0 Å². The maximum atomic E-state index is 12.5. The minimum absolute atomic E-state index is 0.00858. The fraction of sp³-hybridized carbons (Fsp3) is 0.211. The predicted molar refractivity (Wildman–Crippen MR) is 102 cm³/mol. The second-order valence-corrected chi connectivity index (χ2v) is 6.23. The van der Waals surface area contributed by atoms with E-state index in [1.165, 1.54) is 32.3 Å². The fourth-order valence-electron chi connectivity index (χ4n) is 2.58. The Kier molecular flexibility index (Phi) is 6.57. The van der Waals surface area contributed by atoms with Crippen LogP contribution < -0.4 is 4.90 Å². The van der Waals surface area contributed by atoms with Crippen LogP contribution in [0, 0.1) is 6.92 Å². The largest absolute Gasteiger partial charge is 0.465 e. The number of rotatable bonds is 4. The zero-order valence-corrected chi connectivity index (χ0v) is 16.8. The number of allylic oxidation sites excluding steroid dienone is 2. The number of anilines is 1. The number of halogens is 1. The van der Waals surface area contributed by atoms with E-state index in [1.54, 1.807) is 37.4 Å². The molecule has 0 aromatic heterocycles. The molecule has 0 spiro atoms. The first kappa shape index (κ1) is 20.4. The van der Waals surface area contributed by atoms with Crippen molar-refractivity contribution in [3.05, 3.63) is 63.4 Å². The predicted octanol–water partition coefficient (Wildman–Crippen LogP) is 3.03. The summed E-state index contributed by atoms with van der Waals surface area (Å²) < 4.78 is 15.2. The lowest BCUT2D eigenvalue weighted by molar-refractivity contribution is -0.139. The first-order valence-electron chi connectivity index (χ1n) is 7.79. The lowest BCUT2D eigenvalue weighted by Crippen LogP contribution is -2.28. The molecule has 142 valence electrons. The van der Waals surface area contributed by atoms with Crippen molar-refractivity contribution in [2.24, 2.45) is 0 Å². The van der Waals surface area contributed by atoms with E-state index in [1.807, 2.05) is 0 Å². The summed E-state index contributed by atoms with van der Waals surface area (Å²) in [5.41, 5.74) is 1.12. The summed E-state index contributed by atoms with van der Waals surface area (Å²) in [4.78, 5) is 38.6. The summed E-state index contributed by atoms with van der Waals surface area (Å²) in [7, 11) is 3.68. The molecule has 1 heterocycles. The van der Waals surface area contributed by atoms with Crippen molar-refractivity contribution in [2.75, 3.05) is 26.2 Å². The summed E-state index contributed by atoms with van der Waals surface area (Å²) in [6.45, 7) is 1.74. The number of carbonyl (C=O) groups is 3. The third-order valence-corrected chi connectivity index (χ3v) is 4.77. The maximum Gasteiger partial charge on any atom is 0.355 e. The number of carbonyl (C=O) groups excluding carboxylic acids is 3. The first-order chi connectivity index (χ1) is 12.9. The molecular weight excluding hydrogens is 418 g/mol. The Labute approximate surface area is 165 Å². The van der Waals surface area contributed by atoms with Crippen molar-refractivity contribution in [1.29, 1.82) is 0 Å². The summed E-state index contributed by atoms with van der Waals surface area (Å²) in [6, 6.07) is 3.37. The molecule has 0 saturated heterocycles. The Morgan fingerprint density at radius 2 is 1.56 bits per heavy atom. The second kappa shape index (κ2) is 8.68. The molecule has 0 N–H and O–H groups in total. The van der Waals surface area contributed by atoms with Crippen LogP contribution in [-0.4, -0.2) is 39.2 Å². The number of esters is 3. The molecule has 27 heavy (non-hydrogen) atoms. The molecule has 0 aliphatic carbocycles. The number of hydrogen-bond acceptors (Lipinski definition) is 7. The van der Waals surface area contributed by atoms with Crippen LogP contribution in [0.5, 0.6) is 0 Å². The van der Waals surface area contributed by atoms with E-state index in [-0.39, 0.29) is 16.8 Å². The van der Waals surface area contributed by atoms with E-state index in [9.17, 15) is 14.4 Å². The van der Waals surface area contributed by atoms with Crippen LogP contribution >= 0.6 is 15.9 Å². The van der Waals surface area contributed by atoms with Crippen LogP contribution in [0.2, 0.25) is 0 Å². The molecule has 0 amide bonds. The van der Waals surface area contributed by atoms with Crippen molar-refractivity contribution >= 4 is 39.5 Å². The Morgan fingerprint density at radius 1 is 0.926 bits per heavy atom. The van der Waals surface area contributed by atoms with Gasteiger partial charge in [-0.2, -0.15) is 0 Å². The highest BCUT2D eigenvalue weighted by Gasteiger charge is 2.30. The van der Waals surface area contributed by atoms with Gasteiger partial charge >= 0.3 is 17.9 Å². The van der Waals surface area contributed by atoms with E-state index < -0.39 is 17.9 Å². The second-order valence-electron chi connectivity index (χ2n) is 5.37. The lowest BCUT2D eigenvalue weighted by Gasteiger charge is -2.25.